The molecule has 0 saturated carbocycles. The summed E-state index contributed by atoms with van der Waals surface area (Å²) in [6.07, 6.45) is 1.88. The van der Waals surface area contributed by atoms with Crippen LogP contribution in [0.1, 0.15) is 16.7 Å². The number of carbonyl (C=O) groups is 1. The van der Waals surface area contributed by atoms with Gasteiger partial charge in [0.25, 0.3) is 0 Å². The summed E-state index contributed by atoms with van der Waals surface area (Å²) in [5.74, 6) is 0.664. The predicted molar refractivity (Wildman–Crippen MR) is 116 cm³/mol. The minimum atomic E-state index is -0.854. The highest BCUT2D eigenvalue weighted by Crippen LogP contribution is 2.28. The van der Waals surface area contributed by atoms with Crippen molar-refractivity contribution >= 4 is 16.9 Å². The average Bonchev–Trinajstić information content (AvgIpc) is 3.09. The van der Waals surface area contributed by atoms with Crippen LogP contribution in [0.4, 0.5) is 0 Å². The summed E-state index contributed by atoms with van der Waals surface area (Å²) < 4.78 is 13.3. The van der Waals surface area contributed by atoms with E-state index >= 15 is 0 Å². The molecule has 5 nitrogen and oxygen atoms in total. The molecule has 0 spiro atoms. The fourth-order valence-corrected chi connectivity index (χ4v) is 3.58. The van der Waals surface area contributed by atoms with Crippen molar-refractivity contribution in [3.63, 3.8) is 0 Å². The predicted octanol–water partition coefficient (Wildman–Crippen LogP) is 4.90. The first-order chi connectivity index (χ1) is 14.6. The van der Waals surface area contributed by atoms with Crippen LogP contribution in [0.25, 0.3) is 10.9 Å². The molecule has 30 heavy (non-hydrogen) atoms. The first-order valence-electron chi connectivity index (χ1n) is 9.75. The Labute approximate surface area is 175 Å². The van der Waals surface area contributed by atoms with Gasteiger partial charge >= 0.3 is 5.97 Å². The number of carboxylic acid groups (broad SMARTS) is 1. The highest BCUT2D eigenvalue weighted by molar-refractivity contribution is 5.88. The van der Waals surface area contributed by atoms with E-state index in [0.29, 0.717) is 18.9 Å². The van der Waals surface area contributed by atoms with Gasteiger partial charge in [-0.05, 0) is 47.0 Å². The number of hydrogen-bond acceptors (Lipinski definition) is 3. The summed E-state index contributed by atoms with van der Waals surface area (Å²) in [5.41, 5.74) is 3.94. The zero-order valence-corrected chi connectivity index (χ0v) is 16.7. The molecule has 4 rings (SSSR count). The molecule has 0 aliphatic carbocycles. The molecule has 1 N–H and O–H groups in total. The highest BCUT2D eigenvalue weighted by atomic mass is 16.5. The van der Waals surface area contributed by atoms with Crippen molar-refractivity contribution < 1.29 is 19.4 Å². The van der Waals surface area contributed by atoms with Gasteiger partial charge in [0.15, 0.2) is 0 Å². The highest BCUT2D eigenvalue weighted by Gasteiger charge is 2.13. The molecule has 1 aromatic heterocycles. The zero-order chi connectivity index (χ0) is 20.9. The van der Waals surface area contributed by atoms with Crippen LogP contribution in [0.15, 0.2) is 79.0 Å². The molecule has 0 aliphatic rings. The Morgan fingerprint density at radius 1 is 0.933 bits per heavy atom. The first kappa shape index (κ1) is 19.6. The van der Waals surface area contributed by atoms with E-state index in [-0.39, 0.29) is 6.42 Å². The van der Waals surface area contributed by atoms with E-state index in [2.05, 4.69) is 4.57 Å². The Bertz CT molecular complexity index is 1160. The molecule has 0 aliphatic heterocycles. The Hall–Kier alpha value is -3.73. The second-order valence-corrected chi connectivity index (χ2v) is 7.16. The summed E-state index contributed by atoms with van der Waals surface area (Å²) in [4.78, 5) is 11.3. The third kappa shape index (κ3) is 4.46. The molecule has 1 heterocycles. The number of nitrogens with zero attached hydrogens (tertiary/aromatic N) is 1. The Kier molecular flexibility index (Phi) is 5.70. The Balaban J connectivity index is 1.58. The normalized spacial score (nSPS) is 10.8. The fraction of sp³-hybridized carbons (Fsp3) is 0.160. The number of fused-ring (bicyclic) bond motifs is 1. The average molecular weight is 401 g/mol. The lowest BCUT2D eigenvalue weighted by Crippen LogP contribution is -2.01. The lowest BCUT2D eigenvalue weighted by atomic mass is 10.1. The number of aliphatic carboxylic acids is 1. The largest absolute Gasteiger partial charge is 0.497 e. The van der Waals surface area contributed by atoms with Gasteiger partial charge in [0, 0.05) is 23.6 Å². The monoisotopic (exact) mass is 401 g/mol. The maximum atomic E-state index is 11.3. The van der Waals surface area contributed by atoms with Crippen LogP contribution in [-0.2, 0) is 24.4 Å². The molecule has 0 bridgehead atoms. The van der Waals surface area contributed by atoms with Crippen molar-refractivity contribution in [3.8, 4) is 11.5 Å². The quantitative estimate of drug-likeness (QED) is 0.456. The van der Waals surface area contributed by atoms with Crippen LogP contribution >= 0.6 is 0 Å². The molecule has 152 valence electrons. The molecule has 0 saturated heterocycles. The molecule has 0 fully saturated rings. The van der Waals surface area contributed by atoms with Crippen LogP contribution in [0.2, 0.25) is 0 Å². The van der Waals surface area contributed by atoms with Crippen molar-refractivity contribution in [2.75, 3.05) is 7.11 Å². The lowest BCUT2D eigenvalue weighted by Gasteiger charge is -2.10. The van der Waals surface area contributed by atoms with Crippen LogP contribution in [0.5, 0.6) is 11.5 Å². The van der Waals surface area contributed by atoms with E-state index in [1.165, 1.54) is 0 Å². The van der Waals surface area contributed by atoms with E-state index < -0.39 is 5.97 Å². The maximum Gasteiger partial charge on any atom is 0.307 e. The van der Waals surface area contributed by atoms with Crippen molar-refractivity contribution in [3.05, 3.63) is 95.7 Å². The number of hydrogen-bond donors (Lipinski definition) is 1. The van der Waals surface area contributed by atoms with E-state index in [0.717, 1.165) is 33.3 Å². The number of aromatic nitrogens is 1. The minimum Gasteiger partial charge on any atom is -0.497 e. The van der Waals surface area contributed by atoms with Crippen LogP contribution < -0.4 is 9.47 Å². The standard InChI is InChI=1S/C25H23NO4/c1-29-21-10-11-24-23(14-21)20(13-25(27)28)16-26(24)15-19-8-5-9-22(12-19)30-17-18-6-3-2-4-7-18/h2-12,14,16H,13,15,17H2,1H3,(H,27,28). The van der Waals surface area contributed by atoms with E-state index in [9.17, 15) is 9.90 Å². The van der Waals surface area contributed by atoms with E-state index in [4.69, 9.17) is 9.47 Å². The van der Waals surface area contributed by atoms with Gasteiger partial charge in [-0.25, -0.2) is 0 Å². The third-order valence-electron chi connectivity index (χ3n) is 5.01. The van der Waals surface area contributed by atoms with Gasteiger partial charge < -0.3 is 19.1 Å². The summed E-state index contributed by atoms with van der Waals surface area (Å²) in [5, 5.41) is 10.2. The number of carboxylic acids is 1. The van der Waals surface area contributed by atoms with Crippen molar-refractivity contribution in [1.29, 1.82) is 0 Å². The molecule has 4 aromatic rings. The van der Waals surface area contributed by atoms with Gasteiger partial charge in [-0.15, -0.1) is 0 Å². The molecular formula is C25H23NO4. The van der Waals surface area contributed by atoms with E-state index in [1.807, 2.05) is 79.0 Å². The molecule has 5 heteroatoms. The zero-order valence-electron chi connectivity index (χ0n) is 16.7. The number of rotatable bonds is 8. The molecule has 3 aromatic carbocycles. The number of ether oxygens (including phenoxy) is 2. The van der Waals surface area contributed by atoms with Crippen molar-refractivity contribution in [1.82, 2.24) is 4.57 Å². The Morgan fingerprint density at radius 3 is 2.50 bits per heavy atom. The summed E-state index contributed by atoms with van der Waals surface area (Å²) in [7, 11) is 1.61. The van der Waals surface area contributed by atoms with Gasteiger partial charge in [-0.3, -0.25) is 4.79 Å². The van der Waals surface area contributed by atoms with Crippen LogP contribution in [0, 0.1) is 0 Å². The topological polar surface area (TPSA) is 60.7 Å². The second kappa shape index (κ2) is 8.74. The van der Waals surface area contributed by atoms with Gasteiger partial charge in [-0.1, -0.05) is 42.5 Å². The molecule has 0 radical (unpaired) electrons. The number of methoxy groups -OCH3 is 1. The molecule has 0 amide bonds. The first-order valence-corrected chi connectivity index (χ1v) is 9.75. The maximum absolute atomic E-state index is 11.3. The third-order valence-corrected chi connectivity index (χ3v) is 5.01. The van der Waals surface area contributed by atoms with Crippen LogP contribution in [0.3, 0.4) is 0 Å². The second-order valence-electron chi connectivity index (χ2n) is 7.16. The summed E-state index contributed by atoms with van der Waals surface area (Å²) in [6.45, 7) is 1.13. The summed E-state index contributed by atoms with van der Waals surface area (Å²) >= 11 is 0. The van der Waals surface area contributed by atoms with Gasteiger partial charge in [0.05, 0.1) is 13.5 Å². The SMILES string of the molecule is COc1ccc2c(c1)c(CC(=O)O)cn2Cc1cccc(OCc2ccccc2)c1. The van der Waals surface area contributed by atoms with Crippen molar-refractivity contribution in [2.45, 2.75) is 19.6 Å². The van der Waals surface area contributed by atoms with E-state index in [1.54, 1.807) is 7.11 Å². The Morgan fingerprint density at radius 2 is 1.73 bits per heavy atom. The molecule has 0 atom stereocenters. The van der Waals surface area contributed by atoms with Crippen molar-refractivity contribution in [2.24, 2.45) is 0 Å². The van der Waals surface area contributed by atoms with Gasteiger partial charge in [0.1, 0.15) is 18.1 Å². The summed E-state index contributed by atoms with van der Waals surface area (Å²) in [6, 6.07) is 23.8. The lowest BCUT2D eigenvalue weighted by molar-refractivity contribution is -0.136. The minimum absolute atomic E-state index is 0.0309. The van der Waals surface area contributed by atoms with Gasteiger partial charge in [0.2, 0.25) is 0 Å². The van der Waals surface area contributed by atoms with Crippen LogP contribution in [-0.4, -0.2) is 22.8 Å². The smallest absolute Gasteiger partial charge is 0.307 e. The molecular weight excluding hydrogens is 378 g/mol. The molecule has 0 unspecified atom stereocenters. The number of benzene rings is 3. The fourth-order valence-electron chi connectivity index (χ4n) is 3.58. The van der Waals surface area contributed by atoms with Gasteiger partial charge in [-0.2, -0.15) is 0 Å².